The fourth-order valence-corrected chi connectivity index (χ4v) is 4.97. The Kier molecular flexibility index (Phi) is 5.98. The van der Waals surface area contributed by atoms with E-state index in [0.29, 0.717) is 28.9 Å². The molecule has 1 aromatic carbocycles. The van der Waals surface area contributed by atoms with Gasteiger partial charge >= 0.3 is 6.03 Å². The number of carbonyl (C=O) groups excluding carboxylic acids is 3. The van der Waals surface area contributed by atoms with Gasteiger partial charge in [0.05, 0.1) is 11.4 Å². The molecule has 4 amide bonds. The molecular weight excluding hydrogens is 438 g/mol. The fraction of sp³-hybridized carbons (Fsp3) is 0.429. The minimum atomic E-state index is -0.885. The van der Waals surface area contributed by atoms with E-state index in [1.807, 2.05) is 29.7 Å². The first kappa shape index (κ1) is 21.7. The third kappa shape index (κ3) is 4.16. The summed E-state index contributed by atoms with van der Waals surface area (Å²) >= 11 is 7.43. The number of thioether (sulfide) groups is 1. The monoisotopic (exact) mass is 461 g/mol. The van der Waals surface area contributed by atoms with Crippen LogP contribution in [-0.2, 0) is 9.59 Å². The number of halogens is 1. The van der Waals surface area contributed by atoms with Crippen LogP contribution in [0.15, 0.2) is 35.7 Å². The van der Waals surface area contributed by atoms with Crippen molar-refractivity contribution in [1.82, 2.24) is 25.3 Å². The molecule has 2 heterocycles. The van der Waals surface area contributed by atoms with Crippen molar-refractivity contribution in [3.05, 3.63) is 41.2 Å². The van der Waals surface area contributed by atoms with Crippen molar-refractivity contribution in [2.45, 2.75) is 50.2 Å². The van der Waals surface area contributed by atoms with Crippen molar-refractivity contribution >= 4 is 41.2 Å². The molecule has 0 radical (unpaired) electrons. The second-order valence-electron chi connectivity index (χ2n) is 8.12. The number of nitrogens with zero attached hydrogens (tertiary/aromatic N) is 3. The van der Waals surface area contributed by atoms with Crippen molar-refractivity contribution in [3.63, 3.8) is 0 Å². The topological polar surface area (TPSA) is 96.3 Å². The summed E-state index contributed by atoms with van der Waals surface area (Å²) in [5, 5.41) is 4.87. The zero-order valence-electron chi connectivity index (χ0n) is 17.4. The molecule has 2 fully saturated rings. The first-order chi connectivity index (χ1) is 14.8. The van der Waals surface area contributed by atoms with Gasteiger partial charge in [-0.1, -0.05) is 36.4 Å². The van der Waals surface area contributed by atoms with E-state index in [9.17, 15) is 14.4 Å². The zero-order chi connectivity index (χ0) is 22.2. The molecule has 0 unspecified atom stereocenters. The number of carbonyl (C=O) groups is 3. The lowest BCUT2D eigenvalue weighted by atomic mass is 9.77. The van der Waals surface area contributed by atoms with Gasteiger partial charge in [-0.15, -0.1) is 0 Å². The second kappa shape index (κ2) is 8.55. The highest BCUT2D eigenvalue weighted by atomic mass is 35.5. The third-order valence-electron chi connectivity index (χ3n) is 5.96. The molecule has 1 aromatic heterocycles. The first-order valence-electron chi connectivity index (χ1n) is 10.2. The van der Waals surface area contributed by atoms with E-state index < -0.39 is 17.5 Å². The molecule has 0 atom stereocenters. The van der Waals surface area contributed by atoms with Crippen LogP contribution < -0.4 is 10.7 Å². The number of imidazole rings is 1. The maximum Gasteiger partial charge on any atom is 0.344 e. The summed E-state index contributed by atoms with van der Waals surface area (Å²) in [5.41, 5.74) is 3.35. The Morgan fingerprint density at radius 2 is 2.10 bits per heavy atom. The van der Waals surface area contributed by atoms with Gasteiger partial charge in [0.2, 0.25) is 5.91 Å². The van der Waals surface area contributed by atoms with Crippen LogP contribution in [-0.4, -0.2) is 43.7 Å². The number of nitrogens with one attached hydrogen (secondary N) is 2. The quantitative estimate of drug-likeness (QED) is 0.525. The Balaban J connectivity index is 1.40. The summed E-state index contributed by atoms with van der Waals surface area (Å²) in [4.78, 5) is 42.1. The molecule has 1 spiro atoms. The van der Waals surface area contributed by atoms with E-state index in [4.69, 9.17) is 11.6 Å². The average Bonchev–Trinajstić information content (AvgIpc) is 3.29. The smallest absolute Gasteiger partial charge is 0.322 e. The van der Waals surface area contributed by atoms with Gasteiger partial charge < -0.3 is 5.32 Å². The van der Waals surface area contributed by atoms with Gasteiger partial charge in [-0.25, -0.2) is 9.78 Å². The molecule has 2 aromatic rings. The van der Waals surface area contributed by atoms with Crippen molar-refractivity contribution in [2.24, 2.45) is 5.92 Å². The van der Waals surface area contributed by atoms with Gasteiger partial charge in [-0.3, -0.25) is 19.6 Å². The van der Waals surface area contributed by atoms with Crippen molar-refractivity contribution < 1.29 is 14.4 Å². The average molecular weight is 462 g/mol. The lowest BCUT2D eigenvalue weighted by molar-refractivity contribution is -0.139. The second-order valence-corrected chi connectivity index (χ2v) is 9.47. The molecular formula is C21H24ClN5O3S. The fourth-order valence-electron chi connectivity index (χ4n) is 4.04. The van der Waals surface area contributed by atoms with Crippen LogP contribution in [0, 0.1) is 12.8 Å². The van der Waals surface area contributed by atoms with Crippen LogP contribution in [0.4, 0.5) is 4.79 Å². The number of hydrazine groups is 1. The van der Waals surface area contributed by atoms with E-state index in [0.717, 1.165) is 29.1 Å². The van der Waals surface area contributed by atoms with Crippen molar-refractivity contribution in [3.8, 4) is 5.69 Å². The molecule has 4 rings (SSSR count). The number of urea groups is 1. The number of benzene rings is 1. The van der Waals surface area contributed by atoms with E-state index >= 15 is 0 Å². The van der Waals surface area contributed by atoms with Crippen LogP contribution in [0.2, 0.25) is 5.02 Å². The first-order valence-corrected chi connectivity index (χ1v) is 11.5. The molecule has 1 saturated carbocycles. The molecule has 164 valence electrons. The third-order valence-corrected chi connectivity index (χ3v) is 7.34. The van der Waals surface area contributed by atoms with Gasteiger partial charge in [0.15, 0.2) is 5.16 Å². The number of amides is 4. The highest BCUT2D eigenvalue weighted by Gasteiger charge is 2.52. The van der Waals surface area contributed by atoms with Gasteiger partial charge in [-0.05, 0) is 56.2 Å². The molecule has 1 aliphatic carbocycles. The Bertz CT molecular complexity index is 1030. The summed E-state index contributed by atoms with van der Waals surface area (Å²) < 4.78 is 1.85. The SMILES string of the molecule is Cc1c(Cl)cccc1-n1ccnc1SCC(=O)NN1C(=O)NC2(CCC(C)CC2)C1=O. The summed E-state index contributed by atoms with van der Waals surface area (Å²) in [5.74, 6) is -0.300. The summed E-state index contributed by atoms with van der Waals surface area (Å²) in [6, 6.07) is 5.01. The number of hydrogen-bond acceptors (Lipinski definition) is 5. The maximum absolute atomic E-state index is 12.9. The zero-order valence-corrected chi connectivity index (χ0v) is 18.9. The highest BCUT2D eigenvalue weighted by molar-refractivity contribution is 7.99. The lowest BCUT2D eigenvalue weighted by Crippen LogP contribution is -2.51. The van der Waals surface area contributed by atoms with E-state index in [1.54, 1.807) is 12.4 Å². The van der Waals surface area contributed by atoms with E-state index in [2.05, 4.69) is 22.7 Å². The number of hydrogen-bond donors (Lipinski definition) is 2. The van der Waals surface area contributed by atoms with Crippen molar-refractivity contribution in [1.29, 1.82) is 0 Å². The van der Waals surface area contributed by atoms with Crippen molar-refractivity contribution in [2.75, 3.05) is 5.75 Å². The minimum absolute atomic E-state index is 0.00226. The molecule has 0 bridgehead atoms. The van der Waals surface area contributed by atoms with Gasteiger partial charge in [-0.2, -0.15) is 5.01 Å². The number of aromatic nitrogens is 2. The van der Waals surface area contributed by atoms with Gasteiger partial charge in [0, 0.05) is 17.4 Å². The normalized spacial score (nSPS) is 23.3. The lowest BCUT2D eigenvalue weighted by Gasteiger charge is -2.33. The highest BCUT2D eigenvalue weighted by Crippen LogP contribution is 2.36. The van der Waals surface area contributed by atoms with Crippen LogP contribution in [0.25, 0.3) is 5.69 Å². The molecule has 2 N–H and O–H groups in total. The van der Waals surface area contributed by atoms with Crippen LogP contribution >= 0.6 is 23.4 Å². The molecule has 1 saturated heterocycles. The largest absolute Gasteiger partial charge is 0.344 e. The predicted octanol–water partition coefficient (Wildman–Crippen LogP) is 3.46. The Morgan fingerprint density at radius 3 is 2.84 bits per heavy atom. The Labute approximate surface area is 189 Å². The molecule has 2 aliphatic rings. The summed E-state index contributed by atoms with van der Waals surface area (Å²) in [6.07, 6.45) is 6.37. The Morgan fingerprint density at radius 1 is 1.35 bits per heavy atom. The van der Waals surface area contributed by atoms with Crippen LogP contribution in [0.1, 0.15) is 38.2 Å². The summed E-state index contributed by atoms with van der Waals surface area (Å²) in [7, 11) is 0. The molecule has 8 nitrogen and oxygen atoms in total. The Hall–Kier alpha value is -2.52. The molecule has 1 aliphatic heterocycles. The maximum atomic E-state index is 12.9. The number of rotatable bonds is 5. The molecule has 10 heteroatoms. The van der Waals surface area contributed by atoms with Gasteiger partial charge in [0.1, 0.15) is 5.54 Å². The van der Waals surface area contributed by atoms with Crippen LogP contribution in [0.3, 0.4) is 0 Å². The summed E-state index contributed by atoms with van der Waals surface area (Å²) in [6.45, 7) is 4.05. The van der Waals surface area contributed by atoms with E-state index in [1.165, 1.54) is 11.8 Å². The number of imide groups is 1. The van der Waals surface area contributed by atoms with E-state index in [-0.39, 0.29) is 11.7 Å². The molecule has 31 heavy (non-hydrogen) atoms. The predicted molar refractivity (Wildman–Crippen MR) is 118 cm³/mol. The van der Waals surface area contributed by atoms with Gasteiger partial charge in [0.25, 0.3) is 5.91 Å². The van der Waals surface area contributed by atoms with Crippen LogP contribution in [0.5, 0.6) is 0 Å². The standard InChI is InChI=1S/C21H24ClN5O3S/c1-13-6-8-21(9-7-13)18(29)27(19(30)24-21)25-17(28)12-31-20-23-10-11-26(20)16-5-3-4-15(22)14(16)2/h3-5,10-11,13H,6-9,12H2,1-2H3,(H,24,30)(H,25,28). The minimum Gasteiger partial charge on any atom is -0.322 e.